The van der Waals surface area contributed by atoms with Gasteiger partial charge in [0.1, 0.15) is 18.2 Å². The maximum absolute atomic E-state index is 13.9. The minimum absolute atomic E-state index is 0.0980. The number of hydrogen-bond donors (Lipinski definition) is 2. The highest BCUT2D eigenvalue weighted by Crippen LogP contribution is 2.26. The summed E-state index contributed by atoms with van der Waals surface area (Å²) in [5.74, 6) is -0.767. The summed E-state index contributed by atoms with van der Waals surface area (Å²) < 4.78 is 35.6. The summed E-state index contributed by atoms with van der Waals surface area (Å²) >= 11 is 0. The van der Waals surface area contributed by atoms with Crippen LogP contribution in [-0.4, -0.2) is 21.5 Å². The van der Waals surface area contributed by atoms with Crippen molar-refractivity contribution in [2.45, 2.75) is 52.8 Å². The van der Waals surface area contributed by atoms with Gasteiger partial charge in [-0.15, -0.1) is 0 Å². The highest BCUT2D eigenvalue weighted by Gasteiger charge is 2.18. The zero-order valence-electron chi connectivity index (χ0n) is 17.4. The molecule has 5 nitrogen and oxygen atoms in total. The first-order chi connectivity index (χ1) is 13.7. The van der Waals surface area contributed by atoms with E-state index in [0.717, 1.165) is 23.4 Å². The highest BCUT2D eigenvalue weighted by atomic mass is 19.1. The highest BCUT2D eigenvalue weighted by molar-refractivity contribution is 5.57. The van der Waals surface area contributed by atoms with E-state index >= 15 is 0 Å². The van der Waals surface area contributed by atoms with E-state index < -0.39 is 11.6 Å². The molecule has 0 aliphatic carbocycles. The van der Waals surface area contributed by atoms with Crippen LogP contribution in [0.4, 0.5) is 8.78 Å². The zero-order chi connectivity index (χ0) is 21.2. The van der Waals surface area contributed by atoms with Crippen molar-refractivity contribution in [2.75, 3.05) is 6.54 Å². The minimum atomic E-state index is -0.626. The van der Waals surface area contributed by atoms with Crippen molar-refractivity contribution < 1.29 is 13.5 Å². The van der Waals surface area contributed by atoms with Gasteiger partial charge in [-0.1, -0.05) is 13.0 Å². The summed E-state index contributed by atoms with van der Waals surface area (Å²) in [5.41, 5.74) is 9.27. The molecule has 0 aliphatic heterocycles. The molecule has 3 aromatic rings. The van der Waals surface area contributed by atoms with Gasteiger partial charge in [-0.05, 0) is 51.0 Å². The van der Waals surface area contributed by atoms with E-state index in [1.165, 1.54) is 18.2 Å². The minimum Gasteiger partial charge on any atom is -0.485 e. The molecule has 2 aromatic heterocycles. The first kappa shape index (κ1) is 21.2. The number of aryl methyl sites for hydroxylation is 2. The fourth-order valence-electron chi connectivity index (χ4n) is 3.14. The van der Waals surface area contributed by atoms with Gasteiger partial charge >= 0.3 is 0 Å². The number of ether oxygens (including phenoxy) is 1. The van der Waals surface area contributed by atoms with Gasteiger partial charge in [-0.3, -0.25) is 4.40 Å². The molecule has 0 spiro atoms. The SMILES string of the molecule is CCC(C)(N)CNCc1c(C)nc2c(OCc3c(F)cccc3F)cc(C)cn12. The molecule has 3 N–H and O–H groups in total. The summed E-state index contributed by atoms with van der Waals surface area (Å²) in [4.78, 5) is 4.63. The van der Waals surface area contributed by atoms with Crippen LogP contribution >= 0.6 is 0 Å². The Morgan fingerprint density at radius 2 is 1.93 bits per heavy atom. The van der Waals surface area contributed by atoms with Crippen molar-refractivity contribution >= 4 is 5.65 Å². The first-order valence-corrected chi connectivity index (χ1v) is 9.75. The number of nitrogens with one attached hydrogen (secondary N) is 1. The molecule has 156 valence electrons. The number of halogens is 2. The molecular formula is C22H28F2N4O. The summed E-state index contributed by atoms with van der Waals surface area (Å²) in [6, 6.07) is 5.60. The lowest BCUT2D eigenvalue weighted by atomic mass is 10.0. The van der Waals surface area contributed by atoms with Crippen LogP contribution in [0.1, 0.15) is 42.8 Å². The Morgan fingerprint density at radius 1 is 1.24 bits per heavy atom. The molecule has 0 saturated heterocycles. The smallest absolute Gasteiger partial charge is 0.180 e. The van der Waals surface area contributed by atoms with Crippen LogP contribution < -0.4 is 15.8 Å². The normalized spacial score (nSPS) is 13.6. The predicted octanol–water partition coefficient (Wildman–Crippen LogP) is 4.03. The van der Waals surface area contributed by atoms with Crippen LogP contribution in [-0.2, 0) is 13.2 Å². The molecule has 0 saturated carbocycles. The molecule has 1 atom stereocenters. The van der Waals surface area contributed by atoms with Crippen molar-refractivity contribution in [2.24, 2.45) is 5.73 Å². The van der Waals surface area contributed by atoms with Gasteiger partial charge in [0.15, 0.2) is 11.4 Å². The molecule has 7 heteroatoms. The maximum Gasteiger partial charge on any atom is 0.180 e. The Bertz CT molecular complexity index is 993. The third-order valence-electron chi connectivity index (χ3n) is 5.18. The quantitative estimate of drug-likeness (QED) is 0.597. The first-order valence-electron chi connectivity index (χ1n) is 9.75. The molecule has 0 bridgehead atoms. The molecule has 2 heterocycles. The summed E-state index contributed by atoms with van der Waals surface area (Å²) in [6.45, 7) is 9.02. The summed E-state index contributed by atoms with van der Waals surface area (Å²) in [6.07, 6.45) is 2.85. The topological polar surface area (TPSA) is 64.6 Å². The number of benzene rings is 1. The predicted molar refractivity (Wildman–Crippen MR) is 110 cm³/mol. The lowest BCUT2D eigenvalue weighted by Gasteiger charge is -2.23. The monoisotopic (exact) mass is 402 g/mol. The average molecular weight is 402 g/mol. The van der Waals surface area contributed by atoms with Crippen molar-refractivity contribution in [3.05, 3.63) is 64.6 Å². The molecule has 0 fully saturated rings. The van der Waals surface area contributed by atoms with E-state index in [4.69, 9.17) is 10.5 Å². The van der Waals surface area contributed by atoms with Gasteiger partial charge in [0.05, 0.1) is 17.0 Å². The molecule has 1 unspecified atom stereocenters. The number of aromatic nitrogens is 2. The van der Waals surface area contributed by atoms with E-state index in [1.54, 1.807) is 0 Å². The van der Waals surface area contributed by atoms with Crippen LogP contribution in [0.15, 0.2) is 30.5 Å². The fraction of sp³-hybridized carbons (Fsp3) is 0.409. The van der Waals surface area contributed by atoms with Gasteiger partial charge in [-0.25, -0.2) is 13.8 Å². The molecule has 29 heavy (non-hydrogen) atoms. The Hall–Kier alpha value is -2.51. The van der Waals surface area contributed by atoms with Crippen LogP contribution in [0.3, 0.4) is 0 Å². The van der Waals surface area contributed by atoms with E-state index in [0.29, 0.717) is 24.5 Å². The van der Waals surface area contributed by atoms with Crippen molar-refractivity contribution in [1.82, 2.24) is 14.7 Å². The lowest BCUT2D eigenvalue weighted by molar-refractivity contribution is 0.294. The Morgan fingerprint density at radius 3 is 2.59 bits per heavy atom. The number of rotatable bonds is 8. The maximum atomic E-state index is 13.9. The van der Waals surface area contributed by atoms with E-state index in [9.17, 15) is 8.78 Å². The Kier molecular flexibility index (Phi) is 6.19. The number of pyridine rings is 1. The van der Waals surface area contributed by atoms with Gasteiger partial charge in [0.2, 0.25) is 0 Å². The van der Waals surface area contributed by atoms with Gasteiger partial charge in [-0.2, -0.15) is 0 Å². The van der Waals surface area contributed by atoms with Crippen LogP contribution in [0, 0.1) is 25.5 Å². The molecule has 1 aromatic carbocycles. The number of nitrogens with zero attached hydrogens (tertiary/aromatic N) is 2. The Labute approximate surface area is 169 Å². The van der Waals surface area contributed by atoms with E-state index in [2.05, 4.69) is 17.2 Å². The van der Waals surface area contributed by atoms with E-state index in [-0.39, 0.29) is 17.7 Å². The van der Waals surface area contributed by atoms with Crippen LogP contribution in [0.2, 0.25) is 0 Å². The number of imidazole rings is 1. The lowest BCUT2D eigenvalue weighted by Crippen LogP contribution is -2.45. The second-order valence-electron chi connectivity index (χ2n) is 7.82. The van der Waals surface area contributed by atoms with Crippen molar-refractivity contribution in [3.63, 3.8) is 0 Å². The fourth-order valence-corrected chi connectivity index (χ4v) is 3.14. The summed E-state index contributed by atoms with van der Waals surface area (Å²) in [7, 11) is 0. The van der Waals surface area contributed by atoms with Crippen molar-refractivity contribution in [3.8, 4) is 5.75 Å². The molecule has 0 aliphatic rings. The standard InChI is InChI=1S/C22H28F2N4O/c1-5-22(4,25)13-26-10-19-15(3)27-21-20(9-14(2)11-28(19)21)29-12-16-17(23)7-6-8-18(16)24/h6-9,11,26H,5,10,12-13,25H2,1-4H3. The third-order valence-corrected chi connectivity index (χ3v) is 5.18. The largest absolute Gasteiger partial charge is 0.485 e. The van der Waals surface area contributed by atoms with Gasteiger partial charge in [0, 0.05) is 24.8 Å². The molecule has 0 amide bonds. The Balaban J connectivity index is 1.86. The molecular weight excluding hydrogens is 374 g/mol. The van der Waals surface area contributed by atoms with Gasteiger partial charge < -0.3 is 15.8 Å². The number of hydrogen-bond acceptors (Lipinski definition) is 4. The van der Waals surface area contributed by atoms with Crippen LogP contribution in [0.25, 0.3) is 5.65 Å². The van der Waals surface area contributed by atoms with Crippen LogP contribution in [0.5, 0.6) is 5.75 Å². The van der Waals surface area contributed by atoms with Crippen molar-refractivity contribution in [1.29, 1.82) is 0 Å². The number of fused-ring (bicyclic) bond motifs is 1. The third kappa shape index (κ3) is 4.74. The second kappa shape index (κ2) is 8.47. The second-order valence-corrected chi connectivity index (χ2v) is 7.82. The van der Waals surface area contributed by atoms with Gasteiger partial charge in [0.25, 0.3) is 0 Å². The average Bonchev–Trinajstić information content (AvgIpc) is 2.97. The molecule has 3 rings (SSSR count). The summed E-state index contributed by atoms with van der Waals surface area (Å²) in [5, 5.41) is 3.40. The molecule has 0 radical (unpaired) electrons. The number of nitrogens with two attached hydrogens (primary N) is 1. The zero-order valence-corrected chi connectivity index (χ0v) is 17.4. The van der Waals surface area contributed by atoms with E-state index in [1.807, 2.05) is 37.4 Å².